The van der Waals surface area contributed by atoms with Gasteiger partial charge in [0.25, 0.3) is 0 Å². The summed E-state index contributed by atoms with van der Waals surface area (Å²) in [6.45, 7) is 3.57. The molecule has 5 heteroatoms. The van der Waals surface area contributed by atoms with Crippen LogP contribution in [0.2, 0.25) is 0 Å². The molecule has 2 unspecified atom stereocenters. The number of ketones is 2. The van der Waals surface area contributed by atoms with Crippen LogP contribution in [0.4, 0.5) is 0 Å². The zero-order valence-electron chi connectivity index (χ0n) is 10.3. The third-order valence-corrected chi connectivity index (χ3v) is 3.22. The summed E-state index contributed by atoms with van der Waals surface area (Å²) in [5.74, 6) is -0.953. The van der Waals surface area contributed by atoms with E-state index in [1.807, 2.05) is 0 Å². The predicted molar refractivity (Wildman–Crippen MR) is 61.7 cm³/mol. The van der Waals surface area contributed by atoms with Gasteiger partial charge in [-0.3, -0.25) is 14.5 Å². The normalized spacial score (nSPS) is 22.4. The number of hydrogen-bond donors (Lipinski definition) is 1. The highest BCUT2D eigenvalue weighted by Gasteiger charge is 2.36. The smallest absolute Gasteiger partial charge is 0.320 e. The van der Waals surface area contributed by atoms with Crippen molar-refractivity contribution >= 4 is 17.5 Å². The number of rotatable bonds is 6. The first kappa shape index (κ1) is 13.8. The van der Waals surface area contributed by atoms with Crippen LogP contribution in [-0.4, -0.2) is 46.2 Å². The van der Waals surface area contributed by atoms with Crippen LogP contribution in [0, 0.1) is 0 Å². The molecule has 1 saturated heterocycles. The van der Waals surface area contributed by atoms with Gasteiger partial charge in [-0.15, -0.1) is 0 Å². The molecule has 1 N–H and O–H groups in total. The maximum atomic E-state index is 11.4. The monoisotopic (exact) mass is 241 g/mol. The minimum Gasteiger partial charge on any atom is -0.480 e. The number of carbonyl (C=O) groups excluding carboxylic acids is 2. The standard InChI is InChI=1S/C12H19NO4/c1-8(14)5-6-11(12(16)17)13-7-3-4-10(13)9(2)15/h10-11H,3-7H2,1-2H3,(H,16,17). The molecule has 1 aliphatic rings. The van der Waals surface area contributed by atoms with Crippen molar-refractivity contribution in [1.29, 1.82) is 0 Å². The minimum absolute atomic E-state index is 0.0107. The Morgan fingerprint density at radius 1 is 1.35 bits per heavy atom. The van der Waals surface area contributed by atoms with E-state index in [1.54, 1.807) is 4.90 Å². The van der Waals surface area contributed by atoms with Crippen molar-refractivity contribution in [3.8, 4) is 0 Å². The molecule has 0 spiro atoms. The Bertz CT molecular complexity index is 326. The Kier molecular flexibility index (Phi) is 4.81. The van der Waals surface area contributed by atoms with Crippen molar-refractivity contribution < 1.29 is 19.5 Å². The maximum absolute atomic E-state index is 11.4. The van der Waals surface area contributed by atoms with Gasteiger partial charge in [0.2, 0.25) is 0 Å². The van der Waals surface area contributed by atoms with Gasteiger partial charge in [-0.1, -0.05) is 0 Å². The second kappa shape index (κ2) is 5.91. The van der Waals surface area contributed by atoms with Crippen LogP contribution < -0.4 is 0 Å². The number of hydrogen-bond acceptors (Lipinski definition) is 4. The number of carboxylic acids is 1. The highest BCUT2D eigenvalue weighted by Crippen LogP contribution is 2.23. The van der Waals surface area contributed by atoms with Crippen molar-refractivity contribution in [2.45, 2.75) is 51.6 Å². The van der Waals surface area contributed by atoms with Gasteiger partial charge in [0, 0.05) is 6.42 Å². The summed E-state index contributed by atoms with van der Waals surface area (Å²) in [6.07, 6.45) is 2.10. The van der Waals surface area contributed by atoms with Gasteiger partial charge >= 0.3 is 5.97 Å². The largest absolute Gasteiger partial charge is 0.480 e. The first-order chi connectivity index (χ1) is 7.93. The van der Waals surface area contributed by atoms with E-state index >= 15 is 0 Å². The fourth-order valence-corrected chi connectivity index (χ4v) is 2.37. The lowest BCUT2D eigenvalue weighted by molar-refractivity contribution is -0.144. The molecule has 0 aromatic heterocycles. The Morgan fingerprint density at radius 3 is 2.47 bits per heavy atom. The lowest BCUT2D eigenvalue weighted by Crippen LogP contribution is -2.46. The molecule has 17 heavy (non-hydrogen) atoms. The maximum Gasteiger partial charge on any atom is 0.320 e. The van der Waals surface area contributed by atoms with E-state index in [4.69, 9.17) is 0 Å². The second-order valence-electron chi connectivity index (χ2n) is 4.60. The fourth-order valence-electron chi connectivity index (χ4n) is 2.37. The molecule has 0 aliphatic carbocycles. The van der Waals surface area contributed by atoms with Gasteiger partial charge < -0.3 is 9.90 Å². The average molecular weight is 241 g/mol. The van der Waals surface area contributed by atoms with Crippen LogP contribution in [0.1, 0.15) is 39.5 Å². The fraction of sp³-hybridized carbons (Fsp3) is 0.750. The van der Waals surface area contributed by atoms with Gasteiger partial charge in [-0.05, 0) is 39.7 Å². The summed E-state index contributed by atoms with van der Waals surface area (Å²) in [7, 11) is 0. The first-order valence-corrected chi connectivity index (χ1v) is 5.92. The van der Waals surface area contributed by atoms with Crippen molar-refractivity contribution in [2.75, 3.05) is 6.54 Å². The highest BCUT2D eigenvalue weighted by molar-refractivity contribution is 5.83. The summed E-state index contributed by atoms with van der Waals surface area (Å²) >= 11 is 0. The van der Waals surface area contributed by atoms with Crippen molar-refractivity contribution in [3.63, 3.8) is 0 Å². The average Bonchev–Trinajstić information content (AvgIpc) is 2.65. The van der Waals surface area contributed by atoms with E-state index in [9.17, 15) is 19.5 Å². The number of nitrogens with zero attached hydrogens (tertiary/aromatic N) is 1. The lowest BCUT2D eigenvalue weighted by atomic mass is 10.1. The van der Waals surface area contributed by atoms with E-state index in [1.165, 1.54) is 13.8 Å². The molecule has 96 valence electrons. The first-order valence-electron chi connectivity index (χ1n) is 5.92. The molecule has 1 heterocycles. The molecule has 1 aliphatic heterocycles. The summed E-state index contributed by atoms with van der Waals surface area (Å²) in [5, 5.41) is 9.18. The molecular weight excluding hydrogens is 222 g/mol. The van der Waals surface area contributed by atoms with Crippen LogP contribution in [0.15, 0.2) is 0 Å². The summed E-state index contributed by atoms with van der Waals surface area (Å²) in [6, 6.07) is -1.00. The molecule has 1 fully saturated rings. The molecule has 0 bridgehead atoms. The molecule has 0 aromatic carbocycles. The van der Waals surface area contributed by atoms with Crippen molar-refractivity contribution in [3.05, 3.63) is 0 Å². The molecule has 0 radical (unpaired) electrons. The summed E-state index contributed by atoms with van der Waals surface area (Å²) in [4.78, 5) is 35.3. The Morgan fingerprint density at radius 2 is 2.00 bits per heavy atom. The molecule has 0 aromatic rings. The number of likely N-dealkylation sites (tertiary alicyclic amines) is 1. The van der Waals surface area contributed by atoms with Crippen LogP contribution in [-0.2, 0) is 14.4 Å². The van der Waals surface area contributed by atoms with E-state index < -0.39 is 12.0 Å². The molecule has 0 saturated carbocycles. The molecule has 5 nitrogen and oxygen atoms in total. The Labute approximate surface area is 101 Å². The number of carboxylic acid groups (broad SMARTS) is 1. The van der Waals surface area contributed by atoms with Crippen LogP contribution >= 0.6 is 0 Å². The molecule has 1 rings (SSSR count). The molecule has 0 amide bonds. The van der Waals surface area contributed by atoms with Crippen molar-refractivity contribution in [1.82, 2.24) is 4.90 Å². The second-order valence-corrected chi connectivity index (χ2v) is 4.60. The van der Waals surface area contributed by atoms with E-state index in [-0.39, 0.29) is 30.4 Å². The van der Waals surface area contributed by atoms with Crippen molar-refractivity contribution in [2.24, 2.45) is 0 Å². The van der Waals surface area contributed by atoms with E-state index in [2.05, 4.69) is 0 Å². The SMILES string of the molecule is CC(=O)CCC(C(=O)O)N1CCCC1C(C)=O. The predicted octanol–water partition coefficient (Wildman–Crippen LogP) is 0.862. The van der Waals surface area contributed by atoms with Gasteiger partial charge in [-0.25, -0.2) is 0 Å². The third kappa shape index (κ3) is 3.63. The number of carbonyl (C=O) groups is 3. The van der Waals surface area contributed by atoms with Crippen LogP contribution in [0.5, 0.6) is 0 Å². The Hall–Kier alpha value is -1.23. The Balaban J connectivity index is 2.72. The quantitative estimate of drug-likeness (QED) is 0.746. The number of Topliss-reactive ketones (excluding diaryl/α,β-unsaturated/α-hetero) is 2. The molecular formula is C12H19NO4. The molecule has 2 atom stereocenters. The zero-order chi connectivity index (χ0) is 13.0. The highest BCUT2D eigenvalue weighted by atomic mass is 16.4. The van der Waals surface area contributed by atoms with Crippen LogP contribution in [0.3, 0.4) is 0 Å². The number of aliphatic carboxylic acids is 1. The third-order valence-electron chi connectivity index (χ3n) is 3.22. The van der Waals surface area contributed by atoms with Gasteiger partial charge in [0.15, 0.2) is 0 Å². The van der Waals surface area contributed by atoms with Gasteiger partial charge in [0.1, 0.15) is 17.6 Å². The van der Waals surface area contributed by atoms with Gasteiger partial charge in [0.05, 0.1) is 6.04 Å². The summed E-state index contributed by atoms with van der Waals surface area (Å²) in [5.41, 5.74) is 0. The van der Waals surface area contributed by atoms with E-state index in [0.717, 1.165) is 12.8 Å². The summed E-state index contributed by atoms with van der Waals surface area (Å²) < 4.78 is 0. The van der Waals surface area contributed by atoms with Gasteiger partial charge in [-0.2, -0.15) is 0 Å². The zero-order valence-corrected chi connectivity index (χ0v) is 10.3. The topological polar surface area (TPSA) is 74.7 Å². The van der Waals surface area contributed by atoms with E-state index in [0.29, 0.717) is 6.54 Å². The minimum atomic E-state index is -0.945. The van der Waals surface area contributed by atoms with Crippen LogP contribution in [0.25, 0.3) is 0 Å². The lowest BCUT2D eigenvalue weighted by Gasteiger charge is -2.28.